The fourth-order valence-corrected chi connectivity index (χ4v) is 1.93. The van der Waals surface area contributed by atoms with Gasteiger partial charge < -0.3 is 9.84 Å². The third-order valence-electron chi connectivity index (χ3n) is 2.81. The van der Waals surface area contributed by atoms with Crippen LogP contribution in [0.2, 0.25) is 0 Å². The van der Waals surface area contributed by atoms with Crippen LogP contribution in [0, 0.1) is 13.8 Å². The van der Waals surface area contributed by atoms with Gasteiger partial charge in [0.05, 0.1) is 0 Å². The lowest BCUT2D eigenvalue weighted by atomic mass is 10.1. The third-order valence-corrected chi connectivity index (χ3v) is 3.24. The van der Waals surface area contributed by atoms with Gasteiger partial charge in [0.25, 0.3) is 0 Å². The first-order valence-electron chi connectivity index (χ1n) is 5.62. The van der Waals surface area contributed by atoms with E-state index in [2.05, 4.69) is 20.9 Å². The van der Waals surface area contributed by atoms with Gasteiger partial charge in [0.1, 0.15) is 11.3 Å². The van der Waals surface area contributed by atoms with E-state index in [0.717, 1.165) is 11.1 Å². The van der Waals surface area contributed by atoms with Crippen LogP contribution in [0.25, 0.3) is 0 Å². The third kappa shape index (κ3) is 2.93. The van der Waals surface area contributed by atoms with E-state index in [1.165, 1.54) is 12.3 Å². The minimum atomic E-state index is -1.07. The van der Waals surface area contributed by atoms with Crippen LogP contribution in [0.4, 0.5) is 0 Å². The van der Waals surface area contributed by atoms with Crippen LogP contribution >= 0.6 is 15.9 Å². The number of ether oxygens (including phenoxy) is 1. The molecular weight excluding hydrogens is 310 g/mol. The zero-order valence-corrected chi connectivity index (χ0v) is 12.1. The molecule has 0 saturated heterocycles. The van der Waals surface area contributed by atoms with Crippen molar-refractivity contribution in [1.29, 1.82) is 0 Å². The number of aromatic carboxylic acids is 1. The number of pyridine rings is 1. The number of aromatic nitrogens is 1. The smallest absolute Gasteiger partial charge is 0.341 e. The Balaban J connectivity index is 2.44. The van der Waals surface area contributed by atoms with E-state index in [4.69, 9.17) is 9.84 Å². The molecule has 0 atom stereocenters. The summed E-state index contributed by atoms with van der Waals surface area (Å²) in [6.07, 6.45) is 1.51. The van der Waals surface area contributed by atoms with Gasteiger partial charge in [0.2, 0.25) is 5.88 Å². The average molecular weight is 322 g/mol. The Labute approximate surface area is 119 Å². The molecule has 0 spiro atoms. The minimum absolute atomic E-state index is 0.0234. The van der Waals surface area contributed by atoms with Crippen LogP contribution in [-0.4, -0.2) is 16.1 Å². The van der Waals surface area contributed by atoms with Crippen molar-refractivity contribution in [3.63, 3.8) is 0 Å². The highest BCUT2D eigenvalue weighted by atomic mass is 79.9. The first-order chi connectivity index (χ1) is 8.99. The van der Waals surface area contributed by atoms with Gasteiger partial charge in [-0.05, 0) is 53.0 Å². The minimum Gasteiger partial charge on any atom is -0.477 e. The molecule has 4 nitrogen and oxygen atoms in total. The van der Waals surface area contributed by atoms with Crippen molar-refractivity contribution in [2.24, 2.45) is 0 Å². The zero-order chi connectivity index (χ0) is 14.0. The molecule has 2 rings (SSSR count). The molecule has 0 unspecified atom stereocenters. The number of carboxylic acids is 1. The molecule has 5 heteroatoms. The summed E-state index contributed by atoms with van der Waals surface area (Å²) in [5.41, 5.74) is 2.06. The lowest BCUT2D eigenvalue weighted by Crippen LogP contribution is -2.02. The molecule has 0 fully saturated rings. The van der Waals surface area contributed by atoms with E-state index >= 15 is 0 Å². The zero-order valence-electron chi connectivity index (χ0n) is 10.5. The quantitative estimate of drug-likeness (QED) is 0.929. The highest BCUT2D eigenvalue weighted by Gasteiger charge is 2.15. The predicted octanol–water partition coefficient (Wildman–Crippen LogP) is 3.95. The molecule has 0 aliphatic rings. The second kappa shape index (κ2) is 5.40. The number of hydrogen-bond donors (Lipinski definition) is 1. The summed E-state index contributed by atoms with van der Waals surface area (Å²) in [7, 11) is 0. The molecule has 98 valence electrons. The van der Waals surface area contributed by atoms with Crippen molar-refractivity contribution in [2.45, 2.75) is 13.8 Å². The lowest BCUT2D eigenvalue weighted by Gasteiger charge is -2.11. The van der Waals surface area contributed by atoms with Crippen molar-refractivity contribution in [3.05, 3.63) is 51.6 Å². The second-order valence-corrected chi connectivity index (χ2v) is 5.03. The molecule has 0 aliphatic carbocycles. The van der Waals surface area contributed by atoms with E-state index in [1.807, 2.05) is 26.0 Å². The number of rotatable bonds is 3. The van der Waals surface area contributed by atoms with Crippen molar-refractivity contribution < 1.29 is 14.6 Å². The Morgan fingerprint density at radius 3 is 2.79 bits per heavy atom. The highest BCUT2D eigenvalue weighted by Crippen LogP contribution is 2.29. The van der Waals surface area contributed by atoms with Gasteiger partial charge in [0.15, 0.2) is 0 Å². The molecule has 0 radical (unpaired) electrons. The molecule has 1 heterocycles. The van der Waals surface area contributed by atoms with Gasteiger partial charge in [-0.1, -0.05) is 12.1 Å². The number of hydrogen-bond acceptors (Lipinski definition) is 3. The molecule has 0 bridgehead atoms. The van der Waals surface area contributed by atoms with Crippen LogP contribution in [0.3, 0.4) is 0 Å². The second-order valence-electron chi connectivity index (χ2n) is 4.11. The van der Waals surface area contributed by atoms with Crippen LogP contribution in [-0.2, 0) is 0 Å². The summed E-state index contributed by atoms with van der Waals surface area (Å²) in [6, 6.07) is 7.08. The number of benzene rings is 1. The molecule has 0 aliphatic heterocycles. The van der Waals surface area contributed by atoms with Gasteiger partial charge in [-0.15, -0.1) is 0 Å². The summed E-state index contributed by atoms with van der Waals surface area (Å²) in [5, 5.41) is 9.15. The molecule has 0 saturated carbocycles. The van der Waals surface area contributed by atoms with E-state index < -0.39 is 5.97 Å². The summed E-state index contributed by atoms with van der Waals surface area (Å²) in [5.74, 6) is -0.379. The maximum Gasteiger partial charge on any atom is 0.341 e. The average Bonchev–Trinajstić information content (AvgIpc) is 2.36. The maximum atomic E-state index is 11.2. The number of nitrogens with zero attached hydrogens (tertiary/aromatic N) is 1. The molecule has 1 N–H and O–H groups in total. The molecule has 0 amide bonds. The number of carboxylic acid groups (broad SMARTS) is 1. The summed E-state index contributed by atoms with van der Waals surface area (Å²) < 4.78 is 6.22. The normalized spacial score (nSPS) is 10.3. The van der Waals surface area contributed by atoms with Gasteiger partial charge in [-0.3, -0.25) is 0 Å². The topological polar surface area (TPSA) is 59.4 Å². The molecule has 19 heavy (non-hydrogen) atoms. The largest absolute Gasteiger partial charge is 0.477 e. The van der Waals surface area contributed by atoms with E-state index in [0.29, 0.717) is 10.2 Å². The highest BCUT2D eigenvalue weighted by molar-refractivity contribution is 9.10. The Morgan fingerprint density at radius 1 is 1.37 bits per heavy atom. The first-order valence-corrected chi connectivity index (χ1v) is 6.41. The van der Waals surface area contributed by atoms with E-state index in [9.17, 15) is 4.79 Å². The van der Waals surface area contributed by atoms with Crippen LogP contribution in [0.1, 0.15) is 21.5 Å². The van der Waals surface area contributed by atoms with Crippen molar-refractivity contribution in [2.75, 3.05) is 0 Å². The lowest BCUT2D eigenvalue weighted by molar-refractivity contribution is 0.0693. The van der Waals surface area contributed by atoms with Crippen LogP contribution in [0.5, 0.6) is 11.6 Å². The number of halogens is 1. The number of aryl methyl sites for hydroxylation is 1. The molecule has 2 aromatic rings. The molecule has 1 aromatic heterocycles. The summed E-state index contributed by atoms with van der Waals surface area (Å²) in [6.45, 7) is 3.89. The van der Waals surface area contributed by atoms with Crippen LogP contribution in [0.15, 0.2) is 34.9 Å². The van der Waals surface area contributed by atoms with Gasteiger partial charge in [-0.2, -0.15) is 0 Å². The Bertz CT molecular complexity index is 641. The SMILES string of the molecule is Cc1cccc(Oc2ncc(Br)cc2C(=O)O)c1C. The fraction of sp³-hybridized carbons (Fsp3) is 0.143. The molecule has 1 aromatic carbocycles. The standard InChI is InChI=1S/C14H12BrNO3/c1-8-4-3-5-12(9(8)2)19-13-11(14(17)18)6-10(15)7-16-13/h3-7H,1-2H3,(H,17,18). The summed E-state index contributed by atoms with van der Waals surface area (Å²) in [4.78, 5) is 15.2. The van der Waals surface area contributed by atoms with Gasteiger partial charge >= 0.3 is 5.97 Å². The first kappa shape index (κ1) is 13.5. The predicted molar refractivity (Wildman–Crippen MR) is 74.9 cm³/mol. The van der Waals surface area contributed by atoms with Crippen molar-refractivity contribution in [1.82, 2.24) is 4.98 Å². The van der Waals surface area contributed by atoms with Crippen molar-refractivity contribution in [3.8, 4) is 11.6 Å². The maximum absolute atomic E-state index is 11.2. The van der Waals surface area contributed by atoms with E-state index in [1.54, 1.807) is 6.07 Å². The summed E-state index contributed by atoms with van der Waals surface area (Å²) >= 11 is 3.19. The monoisotopic (exact) mass is 321 g/mol. The Morgan fingerprint density at radius 2 is 2.11 bits per heavy atom. The number of carbonyl (C=O) groups is 1. The van der Waals surface area contributed by atoms with Crippen LogP contribution < -0.4 is 4.74 Å². The Hall–Kier alpha value is -1.88. The van der Waals surface area contributed by atoms with Crippen molar-refractivity contribution >= 4 is 21.9 Å². The van der Waals surface area contributed by atoms with Gasteiger partial charge in [-0.25, -0.2) is 9.78 Å². The van der Waals surface area contributed by atoms with E-state index in [-0.39, 0.29) is 11.4 Å². The fourth-order valence-electron chi connectivity index (χ4n) is 1.60. The Kier molecular flexibility index (Phi) is 3.85. The molecular formula is C14H12BrNO3. The van der Waals surface area contributed by atoms with Gasteiger partial charge in [0, 0.05) is 10.7 Å².